The van der Waals surface area contributed by atoms with E-state index in [0.717, 1.165) is 22.8 Å². The zero-order valence-corrected chi connectivity index (χ0v) is 17.7. The number of benzene rings is 2. The van der Waals surface area contributed by atoms with Crippen LogP contribution in [0, 0.1) is 5.92 Å². The van der Waals surface area contributed by atoms with Crippen molar-refractivity contribution in [3.05, 3.63) is 78.4 Å². The minimum Gasteiger partial charge on any atom is -0.494 e. The van der Waals surface area contributed by atoms with Gasteiger partial charge < -0.3 is 19.5 Å². The maximum Gasteiger partial charge on any atom is 0.227 e. The first-order valence-corrected chi connectivity index (χ1v) is 10.4. The molecule has 2 atom stereocenters. The number of anilines is 1. The predicted octanol–water partition coefficient (Wildman–Crippen LogP) is 3.08. The molecule has 7 nitrogen and oxygen atoms in total. The Balaban J connectivity index is 1.50. The number of ether oxygens (including phenoxy) is 1. The number of aromatic nitrogens is 2. The lowest BCUT2D eigenvalue weighted by atomic mass is 10.0. The highest BCUT2D eigenvalue weighted by atomic mass is 16.5. The van der Waals surface area contributed by atoms with Crippen LogP contribution in [0.25, 0.3) is 0 Å². The molecule has 3 aromatic rings. The molecule has 2 aromatic carbocycles. The highest BCUT2D eigenvalue weighted by Gasteiger charge is 2.36. The van der Waals surface area contributed by atoms with Crippen molar-refractivity contribution >= 4 is 17.5 Å². The molecule has 0 aliphatic carbocycles. The fourth-order valence-corrected chi connectivity index (χ4v) is 3.88. The summed E-state index contributed by atoms with van der Waals surface area (Å²) in [6.45, 7) is 2.86. The normalized spacial score (nSPS) is 16.9. The van der Waals surface area contributed by atoms with E-state index in [2.05, 4.69) is 10.3 Å². The topological polar surface area (TPSA) is 76.5 Å². The Hall–Kier alpha value is -3.61. The van der Waals surface area contributed by atoms with Crippen LogP contribution >= 0.6 is 0 Å². The van der Waals surface area contributed by atoms with Crippen molar-refractivity contribution in [3.63, 3.8) is 0 Å². The molecule has 4 rings (SSSR count). The van der Waals surface area contributed by atoms with Gasteiger partial charge in [0.05, 0.1) is 12.5 Å². The summed E-state index contributed by atoms with van der Waals surface area (Å²) in [5.74, 6) is 0.863. The van der Waals surface area contributed by atoms with Gasteiger partial charge in [-0.2, -0.15) is 0 Å². The van der Waals surface area contributed by atoms with Gasteiger partial charge in [0.2, 0.25) is 11.8 Å². The van der Waals surface area contributed by atoms with Crippen LogP contribution < -0.4 is 15.0 Å². The van der Waals surface area contributed by atoms with E-state index >= 15 is 0 Å². The second-order valence-electron chi connectivity index (χ2n) is 7.58. The van der Waals surface area contributed by atoms with Crippen LogP contribution in [0.4, 0.5) is 5.69 Å². The van der Waals surface area contributed by atoms with Gasteiger partial charge in [-0.3, -0.25) is 9.59 Å². The first-order chi connectivity index (χ1) is 15.1. The summed E-state index contributed by atoms with van der Waals surface area (Å²) in [7, 11) is 1.90. The minimum atomic E-state index is -0.425. The molecule has 1 aliphatic heterocycles. The first kappa shape index (κ1) is 20.7. The predicted molar refractivity (Wildman–Crippen MR) is 118 cm³/mol. The summed E-state index contributed by atoms with van der Waals surface area (Å²) in [5.41, 5.74) is 1.71. The van der Waals surface area contributed by atoms with Gasteiger partial charge in [-0.15, -0.1) is 0 Å². The maximum absolute atomic E-state index is 13.2. The summed E-state index contributed by atoms with van der Waals surface area (Å²) in [4.78, 5) is 31.9. The molecule has 2 amide bonds. The third-order valence-electron chi connectivity index (χ3n) is 5.49. The Labute approximate surface area is 181 Å². The molecule has 1 saturated heterocycles. The largest absolute Gasteiger partial charge is 0.494 e. The Bertz CT molecular complexity index is 1050. The van der Waals surface area contributed by atoms with Crippen LogP contribution in [0.1, 0.15) is 30.8 Å². The summed E-state index contributed by atoms with van der Waals surface area (Å²) in [5, 5.41) is 3.12. The summed E-state index contributed by atoms with van der Waals surface area (Å²) < 4.78 is 7.36. The molecule has 0 spiro atoms. The number of nitrogens with one attached hydrogen (secondary N) is 1. The van der Waals surface area contributed by atoms with Crippen molar-refractivity contribution in [1.82, 2.24) is 14.9 Å². The van der Waals surface area contributed by atoms with Crippen molar-refractivity contribution in [3.8, 4) is 5.75 Å². The van der Waals surface area contributed by atoms with E-state index in [1.807, 2.05) is 79.3 Å². The van der Waals surface area contributed by atoms with E-state index in [9.17, 15) is 9.59 Å². The molecule has 1 aromatic heterocycles. The number of hydrogen-bond acceptors (Lipinski definition) is 4. The Morgan fingerprint density at radius 2 is 1.94 bits per heavy atom. The van der Waals surface area contributed by atoms with Crippen molar-refractivity contribution in [2.45, 2.75) is 19.4 Å². The van der Waals surface area contributed by atoms with Crippen molar-refractivity contribution in [2.24, 2.45) is 13.0 Å². The third-order valence-corrected chi connectivity index (χ3v) is 5.49. The van der Waals surface area contributed by atoms with Crippen molar-refractivity contribution < 1.29 is 14.3 Å². The average Bonchev–Trinajstić information content (AvgIpc) is 3.39. The standard InChI is InChI=1S/C24H26N4O3/c1-3-31-20-11-9-19(10-12-20)28-16-18(15-21(28)29)24(30)26-22(17-7-5-4-6-8-17)23-25-13-14-27(23)2/h4-14,18,22H,3,15-16H2,1-2H3,(H,26,30). The lowest BCUT2D eigenvalue weighted by Crippen LogP contribution is -2.37. The Morgan fingerprint density at radius 3 is 2.58 bits per heavy atom. The fourth-order valence-electron chi connectivity index (χ4n) is 3.88. The van der Waals surface area contributed by atoms with Gasteiger partial charge in [0, 0.05) is 38.1 Å². The Kier molecular flexibility index (Phi) is 6.02. The first-order valence-electron chi connectivity index (χ1n) is 10.4. The van der Waals surface area contributed by atoms with E-state index < -0.39 is 5.92 Å². The lowest BCUT2D eigenvalue weighted by Gasteiger charge is -2.21. The molecule has 1 aliphatic rings. The Morgan fingerprint density at radius 1 is 1.19 bits per heavy atom. The van der Waals surface area contributed by atoms with E-state index in [1.165, 1.54) is 0 Å². The molecule has 2 heterocycles. The quantitative estimate of drug-likeness (QED) is 0.640. The average molecular weight is 418 g/mol. The number of nitrogens with zero attached hydrogens (tertiary/aromatic N) is 3. The second kappa shape index (κ2) is 9.04. The highest BCUT2D eigenvalue weighted by Crippen LogP contribution is 2.28. The zero-order valence-electron chi connectivity index (χ0n) is 17.7. The molecular formula is C24H26N4O3. The van der Waals surface area contributed by atoms with Gasteiger partial charge in [0.15, 0.2) is 0 Å². The number of aryl methyl sites for hydroxylation is 1. The molecule has 160 valence electrons. The summed E-state index contributed by atoms with van der Waals surface area (Å²) >= 11 is 0. The smallest absolute Gasteiger partial charge is 0.227 e. The molecule has 1 N–H and O–H groups in total. The van der Waals surface area contributed by atoms with Gasteiger partial charge in [-0.1, -0.05) is 30.3 Å². The van der Waals surface area contributed by atoms with Gasteiger partial charge in [0.1, 0.15) is 17.6 Å². The molecule has 31 heavy (non-hydrogen) atoms. The van der Waals surface area contributed by atoms with Gasteiger partial charge in [0.25, 0.3) is 0 Å². The molecule has 0 saturated carbocycles. The number of amides is 2. The fraction of sp³-hybridized carbons (Fsp3) is 0.292. The van der Waals surface area contributed by atoms with Crippen LogP contribution in [0.2, 0.25) is 0 Å². The van der Waals surface area contributed by atoms with E-state index in [0.29, 0.717) is 13.2 Å². The highest BCUT2D eigenvalue weighted by molar-refractivity contribution is 6.00. The number of hydrogen-bond donors (Lipinski definition) is 1. The molecule has 1 fully saturated rings. The number of carbonyl (C=O) groups excluding carboxylic acids is 2. The van der Waals surface area contributed by atoms with Gasteiger partial charge in [-0.05, 0) is 36.8 Å². The minimum absolute atomic E-state index is 0.0578. The SMILES string of the molecule is CCOc1ccc(N2CC(C(=O)NC(c3ccccc3)c3nccn3C)CC2=O)cc1. The zero-order chi connectivity index (χ0) is 21.8. The van der Waals surface area contributed by atoms with Gasteiger partial charge >= 0.3 is 0 Å². The van der Waals surface area contributed by atoms with E-state index in [1.54, 1.807) is 11.1 Å². The summed E-state index contributed by atoms with van der Waals surface area (Å²) in [6.07, 6.45) is 3.75. The number of carbonyl (C=O) groups is 2. The van der Waals surface area contributed by atoms with Crippen molar-refractivity contribution in [2.75, 3.05) is 18.1 Å². The van der Waals surface area contributed by atoms with Crippen LogP contribution in [-0.4, -0.2) is 34.5 Å². The second-order valence-corrected chi connectivity index (χ2v) is 7.58. The van der Waals surface area contributed by atoms with Crippen molar-refractivity contribution in [1.29, 1.82) is 0 Å². The van der Waals surface area contributed by atoms with Crippen LogP contribution in [0.3, 0.4) is 0 Å². The summed E-state index contributed by atoms with van der Waals surface area (Å²) in [6, 6.07) is 16.7. The number of rotatable bonds is 7. The van der Waals surface area contributed by atoms with Crippen LogP contribution in [0.5, 0.6) is 5.75 Å². The maximum atomic E-state index is 13.2. The number of imidazole rings is 1. The van der Waals surface area contributed by atoms with E-state index in [-0.39, 0.29) is 24.3 Å². The molecule has 7 heteroatoms. The van der Waals surface area contributed by atoms with Gasteiger partial charge in [-0.25, -0.2) is 4.98 Å². The molecule has 2 unspecified atom stereocenters. The third kappa shape index (κ3) is 4.45. The van der Waals surface area contributed by atoms with Crippen LogP contribution in [0.15, 0.2) is 67.0 Å². The van der Waals surface area contributed by atoms with E-state index in [4.69, 9.17) is 4.74 Å². The molecular weight excluding hydrogens is 392 g/mol. The molecule has 0 radical (unpaired) electrons. The lowest BCUT2D eigenvalue weighted by molar-refractivity contribution is -0.126. The molecule has 0 bridgehead atoms. The monoisotopic (exact) mass is 418 g/mol. The van der Waals surface area contributed by atoms with Crippen LogP contribution in [-0.2, 0) is 16.6 Å².